The van der Waals surface area contributed by atoms with Crippen molar-refractivity contribution in [2.24, 2.45) is 0 Å². The van der Waals surface area contributed by atoms with Gasteiger partial charge in [-0.05, 0) is 12.5 Å². The van der Waals surface area contributed by atoms with E-state index in [4.69, 9.17) is 0 Å². The average molecular weight is 104 g/mol. The van der Waals surface area contributed by atoms with Crippen molar-refractivity contribution in [3.63, 3.8) is 0 Å². The maximum Gasteiger partial charge on any atom is 0.0299 e. The van der Waals surface area contributed by atoms with Crippen LogP contribution in [0.3, 0.4) is 0 Å². The van der Waals surface area contributed by atoms with Crippen LogP contribution in [-0.4, -0.2) is 0 Å². The van der Waals surface area contributed by atoms with Crippen molar-refractivity contribution >= 4 is 0 Å². The Hall–Kier alpha value is -1.18. The molecule has 0 saturated carbocycles. The van der Waals surface area contributed by atoms with E-state index in [0.29, 0.717) is 0 Å². The second kappa shape index (κ2) is 3.99. The largest absolute Gasteiger partial charge is 0.120 e. The van der Waals surface area contributed by atoms with Crippen molar-refractivity contribution in [3.8, 4) is 11.8 Å². The molecule has 0 heteroatoms. The Labute approximate surface area is 50.2 Å². The normalized spacial score (nSPS) is 5.62. The van der Waals surface area contributed by atoms with Crippen LogP contribution in [-0.2, 0) is 0 Å². The predicted octanol–water partition coefficient (Wildman–Crippen LogP) is 1.91. The van der Waals surface area contributed by atoms with Crippen LogP contribution in [0.5, 0.6) is 0 Å². The molecule has 0 rings (SSSR count). The standard InChI is InChI=1S/C8H8/c1-4-5-6-7-8(2)3/h5H,1-2H2,3H3. The molecule has 0 amide bonds. The van der Waals surface area contributed by atoms with Crippen LogP contribution < -0.4 is 0 Å². The third kappa shape index (κ3) is 4.82. The molecule has 0 bridgehead atoms. The van der Waals surface area contributed by atoms with Gasteiger partial charge < -0.3 is 0 Å². The quantitative estimate of drug-likeness (QED) is 0.325. The van der Waals surface area contributed by atoms with Gasteiger partial charge in [0.05, 0.1) is 0 Å². The van der Waals surface area contributed by atoms with Gasteiger partial charge in [0.25, 0.3) is 0 Å². The lowest BCUT2D eigenvalue weighted by Crippen LogP contribution is -1.57. The van der Waals surface area contributed by atoms with Gasteiger partial charge in [0.15, 0.2) is 0 Å². The van der Waals surface area contributed by atoms with Crippen LogP contribution in [0, 0.1) is 11.8 Å². The summed E-state index contributed by atoms with van der Waals surface area (Å²) in [6.07, 6.45) is 1.56. The molecule has 0 fully saturated rings. The summed E-state index contributed by atoms with van der Waals surface area (Å²) in [5.74, 6) is 5.43. The number of allylic oxidation sites excluding steroid dienone is 2. The lowest BCUT2D eigenvalue weighted by molar-refractivity contribution is 1.63. The number of hydrogen-bond acceptors (Lipinski definition) is 0. The summed E-state index contributed by atoms with van der Waals surface area (Å²) in [6.45, 7) is 8.78. The molecule has 0 atom stereocenters. The van der Waals surface area contributed by atoms with Crippen LogP contribution >= 0.6 is 0 Å². The van der Waals surface area contributed by atoms with E-state index in [9.17, 15) is 0 Å². The highest BCUT2D eigenvalue weighted by Gasteiger charge is 1.64. The first kappa shape index (κ1) is 6.82. The Balaban J connectivity index is 3.86. The minimum absolute atomic E-state index is 0.858. The zero-order valence-corrected chi connectivity index (χ0v) is 4.99. The minimum atomic E-state index is 0.858. The van der Waals surface area contributed by atoms with Gasteiger partial charge in [-0.25, -0.2) is 0 Å². The summed E-state index contributed by atoms with van der Waals surface area (Å²) in [7, 11) is 0. The van der Waals surface area contributed by atoms with Gasteiger partial charge in [0.1, 0.15) is 0 Å². The van der Waals surface area contributed by atoms with Crippen LogP contribution in [0.1, 0.15) is 6.92 Å². The molecule has 0 N–H and O–H groups in total. The highest BCUT2D eigenvalue weighted by atomic mass is 13.7. The molecule has 0 heterocycles. The van der Waals surface area contributed by atoms with Crippen LogP contribution in [0.2, 0.25) is 0 Å². The molecular formula is C8H8. The summed E-state index contributed by atoms with van der Waals surface area (Å²) in [4.78, 5) is 0. The first-order valence-electron chi connectivity index (χ1n) is 2.28. The lowest BCUT2D eigenvalue weighted by Gasteiger charge is -1.70. The smallest absolute Gasteiger partial charge is 0.0299 e. The van der Waals surface area contributed by atoms with Crippen LogP contribution in [0.4, 0.5) is 0 Å². The van der Waals surface area contributed by atoms with Crippen molar-refractivity contribution < 1.29 is 0 Å². The van der Waals surface area contributed by atoms with Crippen molar-refractivity contribution in [3.05, 3.63) is 30.5 Å². The van der Waals surface area contributed by atoms with E-state index in [1.54, 1.807) is 6.08 Å². The number of hydrogen-bond donors (Lipinski definition) is 0. The van der Waals surface area contributed by atoms with Gasteiger partial charge in [-0.15, -0.1) is 5.73 Å². The molecule has 40 valence electrons. The van der Waals surface area contributed by atoms with Gasteiger partial charge in [-0.2, -0.15) is 0 Å². The summed E-state index contributed by atoms with van der Waals surface area (Å²) >= 11 is 0. The fraction of sp³-hybridized carbons (Fsp3) is 0.125. The summed E-state index contributed by atoms with van der Waals surface area (Å²) in [5, 5.41) is 0. The minimum Gasteiger partial charge on any atom is -0.120 e. The van der Waals surface area contributed by atoms with E-state index in [1.807, 2.05) is 6.92 Å². The van der Waals surface area contributed by atoms with Gasteiger partial charge in [-0.1, -0.05) is 25.0 Å². The molecule has 0 aromatic rings. The predicted molar refractivity (Wildman–Crippen MR) is 36.3 cm³/mol. The Morgan fingerprint density at radius 2 is 2.25 bits per heavy atom. The topological polar surface area (TPSA) is 0 Å². The molecule has 0 aliphatic carbocycles. The van der Waals surface area contributed by atoms with Crippen LogP contribution in [0.25, 0.3) is 0 Å². The first-order valence-corrected chi connectivity index (χ1v) is 2.28. The molecule has 0 saturated heterocycles. The maximum absolute atomic E-state index is 3.59. The van der Waals surface area contributed by atoms with Gasteiger partial charge in [-0.3, -0.25) is 0 Å². The molecule has 0 aliphatic rings. The second-order valence-electron chi connectivity index (χ2n) is 1.40. The van der Waals surface area contributed by atoms with E-state index in [0.717, 1.165) is 5.57 Å². The summed E-state index contributed by atoms with van der Waals surface area (Å²) in [5.41, 5.74) is 3.39. The lowest BCUT2D eigenvalue weighted by atomic mass is 10.3. The molecule has 0 aliphatic heterocycles. The highest BCUT2D eigenvalue weighted by Crippen LogP contribution is 1.78. The monoisotopic (exact) mass is 104 g/mol. The van der Waals surface area contributed by atoms with Crippen molar-refractivity contribution in [2.45, 2.75) is 6.92 Å². The third-order valence-electron chi connectivity index (χ3n) is 0.460. The van der Waals surface area contributed by atoms with E-state index in [1.165, 1.54) is 0 Å². The molecule has 0 aromatic carbocycles. The third-order valence-corrected chi connectivity index (χ3v) is 0.460. The first-order chi connectivity index (χ1) is 3.77. The molecule has 0 spiro atoms. The van der Waals surface area contributed by atoms with Crippen molar-refractivity contribution in [2.75, 3.05) is 0 Å². The fourth-order valence-electron chi connectivity index (χ4n) is 0.210. The zero-order valence-electron chi connectivity index (χ0n) is 4.99. The Bertz CT molecular complexity index is 174. The van der Waals surface area contributed by atoms with E-state index < -0.39 is 0 Å². The van der Waals surface area contributed by atoms with Gasteiger partial charge >= 0.3 is 0 Å². The Morgan fingerprint density at radius 1 is 1.62 bits per heavy atom. The number of rotatable bonds is 0. The van der Waals surface area contributed by atoms with E-state index >= 15 is 0 Å². The Kier molecular flexibility index (Phi) is 3.40. The maximum atomic E-state index is 3.59. The summed E-state index contributed by atoms with van der Waals surface area (Å²) in [6, 6.07) is 0. The zero-order chi connectivity index (χ0) is 6.41. The SMILES string of the molecule is C=C=CC#CC(=C)C. The molecule has 8 heavy (non-hydrogen) atoms. The molecule has 0 nitrogen and oxygen atoms in total. The second-order valence-corrected chi connectivity index (χ2v) is 1.40. The average Bonchev–Trinajstić information content (AvgIpc) is 1.66. The van der Waals surface area contributed by atoms with E-state index in [2.05, 4.69) is 30.7 Å². The molecular weight excluding hydrogens is 96.1 g/mol. The van der Waals surface area contributed by atoms with Gasteiger partial charge in [0.2, 0.25) is 0 Å². The molecule has 0 aromatic heterocycles. The van der Waals surface area contributed by atoms with Crippen molar-refractivity contribution in [1.29, 1.82) is 0 Å². The fourth-order valence-corrected chi connectivity index (χ4v) is 0.210. The van der Waals surface area contributed by atoms with Crippen LogP contribution in [0.15, 0.2) is 30.5 Å². The van der Waals surface area contributed by atoms with Gasteiger partial charge in [0, 0.05) is 6.08 Å². The summed E-state index contributed by atoms with van der Waals surface area (Å²) < 4.78 is 0. The van der Waals surface area contributed by atoms with Crippen molar-refractivity contribution in [1.82, 2.24) is 0 Å². The molecule has 0 unspecified atom stereocenters. The van der Waals surface area contributed by atoms with E-state index in [-0.39, 0.29) is 0 Å². The Morgan fingerprint density at radius 3 is 2.62 bits per heavy atom. The highest BCUT2D eigenvalue weighted by molar-refractivity contribution is 5.28. The molecule has 0 radical (unpaired) electrons.